The molecule has 0 radical (unpaired) electrons. The van der Waals surface area contributed by atoms with Gasteiger partial charge >= 0.3 is 0 Å². The van der Waals surface area contributed by atoms with Gasteiger partial charge in [-0.3, -0.25) is 14.5 Å². The maximum absolute atomic E-state index is 11.9. The van der Waals surface area contributed by atoms with Crippen molar-refractivity contribution in [1.29, 1.82) is 0 Å². The summed E-state index contributed by atoms with van der Waals surface area (Å²) in [7, 11) is 0. The Morgan fingerprint density at radius 2 is 2.05 bits per heavy atom. The van der Waals surface area contributed by atoms with E-state index < -0.39 is 0 Å². The lowest BCUT2D eigenvalue weighted by Gasteiger charge is -2.29. The summed E-state index contributed by atoms with van der Waals surface area (Å²) in [6.45, 7) is 6.12. The summed E-state index contributed by atoms with van der Waals surface area (Å²) in [4.78, 5) is 25.3. The molecule has 1 atom stereocenters. The monoisotopic (exact) mass is 260 g/mol. The molecule has 0 spiro atoms. The molecule has 1 aliphatic rings. The SMILES string of the molecule is CC(=O)[C@@H](CN1CCNC(=O)C1)c1ccc(C)cc1. The third-order valence-corrected chi connectivity index (χ3v) is 3.53. The number of carbonyl (C=O) groups is 2. The van der Waals surface area contributed by atoms with Crippen molar-refractivity contribution in [2.24, 2.45) is 0 Å². The van der Waals surface area contributed by atoms with Gasteiger partial charge in [-0.2, -0.15) is 0 Å². The maximum Gasteiger partial charge on any atom is 0.234 e. The van der Waals surface area contributed by atoms with Gasteiger partial charge in [0.2, 0.25) is 5.91 Å². The van der Waals surface area contributed by atoms with Gasteiger partial charge in [0, 0.05) is 19.6 Å². The van der Waals surface area contributed by atoms with E-state index in [1.165, 1.54) is 5.56 Å². The predicted molar refractivity (Wildman–Crippen MR) is 74.1 cm³/mol. The Kier molecular flexibility index (Phi) is 4.32. The van der Waals surface area contributed by atoms with Crippen molar-refractivity contribution in [1.82, 2.24) is 10.2 Å². The fraction of sp³-hybridized carbons (Fsp3) is 0.467. The van der Waals surface area contributed by atoms with Crippen LogP contribution >= 0.6 is 0 Å². The lowest BCUT2D eigenvalue weighted by molar-refractivity contribution is -0.125. The van der Waals surface area contributed by atoms with Crippen LogP contribution in [0.1, 0.15) is 24.0 Å². The first-order valence-electron chi connectivity index (χ1n) is 6.62. The first-order valence-corrected chi connectivity index (χ1v) is 6.62. The third-order valence-electron chi connectivity index (χ3n) is 3.53. The summed E-state index contributed by atoms with van der Waals surface area (Å²) in [5, 5.41) is 2.80. The van der Waals surface area contributed by atoms with Gasteiger partial charge in [-0.1, -0.05) is 29.8 Å². The summed E-state index contributed by atoms with van der Waals surface area (Å²) in [5.74, 6) is 0.0405. The Bertz CT molecular complexity index is 468. The average molecular weight is 260 g/mol. The minimum Gasteiger partial charge on any atom is -0.354 e. The molecule has 1 aromatic rings. The Labute approximate surface area is 113 Å². The average Bonchev–Trinajstić information content (AvgIpc) is 2.37. The molecule has 0 saturated carbocycles. The Morgan fingerprint density at radius 1 is 1.37 bits per heavy atom. The highest BCUT2D eigenvalue weighted by Gasteiger charge is 2.23. The Balaban J connectivity index is 2.10. The van der Waals surface area contributed by atoms with Gasteiger partial charge in [0.15, 0.2) is 0 Å². The second-order valence-corrected chi connectivity index (χ2v) is 5.16. The number of hydrogen-bond acceptors (Lipinski definition) is 3. The van der Waals surface area contributed by atoms with E-state index in [1.807, 2.05) is 36.1 Å². The van der Waals surface area contributed by atoms with E-state index in [0.29, 0.717) is 19.6 Å². The normalized spacial score (nSPS) is 17.9. The first-order chi connectivity index (χ1) is 9.06. The molecular weight excluding hydrogens is 240 g/mol. The zero-order chi connectivity index (χ0) is 13.8. The Hall–Kier alpha value is -1.68. The van der Waals surface area contributed by atoms with Crippen LogP contribution in [0.2, 0.25) is 0 Å². The molecule has 0 bridgehead atoms. The number of hydrogen-bond donors (Lipinski definition) is 1. The van der Waals surface area contributed by atoms with Crippen LogP contribution in [-0.2, 0) is 9.59 Å². The second kappa shape index (κ2) is 5.97. The van der Waals surface area contributed by atoms with Gasteiger partial charge < -0.3 is 5.32 Å². The third kappa shape index (κ3) is 3.64. The number of benzene rings is 1. The van der Waals surface area contributed by atoms with E-state index in [9.17, 15) is 9.59 Å². The number of nitrogens with zero attached hydrogens (tertiary/aromatic N) is 1. The number of rotatable bonds is 4. The Morgan fingerprint density at radius 3 is 2.63 bits per heavy atom. The smallest absolute Gasteiger partial charge is 0.234 e. The first kappa shape index (κ1) is 13.7. The van der Waals surface area contributed by atoms with Crippen molar-refractivity contribution < 1.29 is 9.59 Å². The molecule has 0 aliphatic carbocycles. The van der Waals surface area contributed by atoms with Gasteiger partial charge in [0.25, 0.3) is 0 Å². The largest absolute Gasteiger partial charge is 0.354 e. The molecule has 0 aromatic heterocycles. The van der Waals surface area contributed by atoms with Crippen molar-refractivity contribution in [3.8, 4) is 0 Å². The quantitative estimate of drug-likeness (QED) is 0.882. The lowest BCUT2D eigenvalue weighted by Crippen LogP contribution is -2.49. The van der Waals surface area contributed by atoms with Crippen LogP contribution in [-0.4, -0.2) is 42.8 Å². The number of amides is 1. The molecule has 1 amide bonds. The van der Waals surface area contributed by atoms with Crippen molar-refractivity contribution in [2.45, 2.75) is 19.8 Å². The highest BCUT2D eigenvalue weighted by molar-refractivity contribution is 5.84. The molecule has 4 heteroatoms. The minimum absolute atomic E-state index is 0.0393. The maximum atomic E-state index is 11.9. The van der Waals surface area contributed by atoms with Crippen molar-refractivity contribution in [3.63, 3.8) is 0 Å². The van der Waals surface area contributed by atoms with E-state index in [2.05, 4.69) is 5.32 Å². The molecule has 1 fully saturated rings. The summed E-state index contributed by atoms with van der Waals surface area (Å²) in [6, 6.07) is 8.05. The van der Waals surface area contributed by atoms with Gasteiger partial charge in [0.05, 0.1) is 12.5 Å². The fourth-order valence-electron chi connectivity index (χ4n) is 2.37. The van der Waals surface area contributed by atoms with E-state index in [-0.39, 0.29) is 17.6 Å². The van der Waals surface area contributed by atoms with E-state index in [0.717, 1.165) is 12.1 Å². The highest BCUT2D eigenvalue weighted by atomic mass is 16.2. The molecule has 0 unspecified atom stereocenters. The molecule has 1 aliphatic heterocycles. The van der Waals surface area contributed by atoms with Crippen LogP contribution in [0.5, 0.6) is 0 Å². The summed E-state index contributed by atoms with van der Waals surface area (Å²) >= 11 is 0. The molecule has 1 aromatic carbocycles. The molecule has 4 nitrogen and oxygen atoms in total. The lowest BCUT2D eigenvalue weighted by atomic mass is 9.94. The predicted octanol–water partition coefficient (Wildman–Crippen LogP) is 1.10. The van der Waals surface area contributed by atoms with E-state index in [1.54, 1.807) is 6.92 Å². The number of ketones is 1. The van der Waals surface area contributed by atoms with Crippen LogP contribution in [0, 0.1) is 6.92 Å². The minimum atomic E-state index is -0.147. The second-order valence-electron chi connectivity index (χ2n) is 5.16. The zero-order valence-electron chi connectivity index (χ0n) is 11.5. The molecule has 19 heavy (non-hydrogen) atoms. The van der Waals surface area contributed by atoms with Crippen molar-refractivity contribution in [2.75, 3.05) is 26.2 Å². The fourth-order valence-corrected chi connectivity index (χ4v) is 2.37. The van der Waals surface area contributed by atoms with Crippen molar-refractivity contribution >= 4 is 11.7 Å². The standard InChI is InChI=1S/C15H20N2O2/c1-11-3-5-13(6-4-11)14(12(2)18)9-17-8-7-16-15(19)10-17/h3-6,14H,7-10H2,1-2H3,(H,16,19)/t14-/m1/s1. The molecule has 1 heterocycles. The van der Waals surface area contributed by atoms with Crippen LogP contribution in [0.15, 0.2) is 24.3 Å². The number of aryl methyl sites for hydroxylation is 1. The summed E-state index contributed by atoms with van der Waals surface area (Å²) in [5.41, 5.74) is 2.22. The number of Topliss-reactive ketones (excluding diaryl/α,β-unsaturated/α-hetero) is 1. The number of carbonyl (C=O) groups excluding carboxylic acids is 2. The molecule has 102 valence electrons. The highest BCUT2D eigenvalue weighted by Crippen LogP contribution is 2.19. The summed E-state index contributed by atoms with van der Waals surface area (Å²) < 4.78 is 0. The van der Waals surface area contributed by atoms with Crippen LogP contribution < -0.4 is 5.32 Å². The molecule has 2 rings (SSSR count). The number of nitrogens with one attached hydrogen (secondary N) is 1. The van der Waals surface area contributed by atoms with Gasteiger partial charge in [-0.05, 0) is 19.4 Å². The molecule has 1 N–H and O–H groups in total. The summed E-state index contributed by atoms with van der Waals surface area (Å²) in [6.07, 6.45) is 0. The number of piperazine rings is 1. The zero-order valence-corrected chi connectivity index (χ0v) is 11.5. The van der Waals surface area contributed by atoms with Gasteiger partial charge in [-0.15, -0.1) is 0 Å². The van der Waals surface area contributed by atoms with E-state index >= 15 is 0 Å². The van der Waals surface area contributed by atoms with Crippen LogP contribution in [0.4, 0.5) is 0 Å². The van der Waals surface area contributed by atoms with Gasteiger partial charge in [0.1, 0.15) is 5.78 Å². The van der Waals surface area contributed by atoms with E-state index in [4.69, 9.17) is 0 Å². The van der Waals surface area contributed by atoms with Crippen LogP contribution in [0.3, 0.4) is 0 Å². The van der Waals surface area contributed by atoms with Gasteiger partial charge in [-0.25, -0.2) is 0 Å². The topological polar surface area (TPSA) is 49.4 Å². The van der Waals surface area contributed by atoms with Crippen LogP contribution in [0.25, 0.3) is 0 Å². The molecule has 1 saturated heterocycles. The molecular formula is C15H20N2O2. The van der Waals surface area contributed by atoms with Crippen molar-refractivity contribution in [3.05, 3.63) is 35.4 Å².